The quantitative estimate of drug-likeness (QED) is 0.378. The van der Waals surface area contributed by atoms with E-state index in [2.05, 4.69) is 38.3 Å². The van der Waals surface area contributed by atoms with Gasteiger partial charge < -0.3 is 19.1 Å². The lowest BCUT2D eigenvalue weighted by Gasteiger charge is -2.43. The molecule has 0 spiro atoms. The summed E-state index contributed by atoms with van der Waals surface area (Å²) in [5, 5.41) is 0.572. The highest BCUT2D eigenvalue weighted by Crippen LogP contribution is 2.67. The van der Waals surface area contributed by atoms with E-state index in [1.807, 2.05) is 18.2 Å². The fraction of sp³-hybridized carbons (Fsp3) is 0.568. The average Bonchev–Trinajstić information content (AvgIpc) is 3.62. The summed E-state index contributed by atoms with van der Waals surface area (Å²) < 4.78 is 36.3. The number of hydrogen-bond donors (Lipinski definition) is 1. The van der Waals surface area contributed by atoms with E-state index in [-0.39, 0.29) is 23.9 Å². The van der Waals surface area contributed by atoms with Crippen molar-refractivity contribution in [2.75, 3.05) is 27.2 Å². The Morgan fingerprint density at radius 1 is 0.915 bits per heavy atom. The van der Waals surface area contributed by atoms with Crippen LogP contribution < -0.4 is 9.46 Å². The van der Waals surface area contributed by atoms with Gasteiger partial charge in [-0.2, -0.15) is 0 Å². The molecule has 1 aromatic heterocycles. The topological polar surface area (TPSA) is 101 Å². The summed E-state index contributed by atoms with van der Waals surface area (Å²) in [4.78, 5) is 33.4. The van der Waals surface area contributed by atoms with Crippen molar-refractivity contribution in [1.29, 1.82) is 0 Å². The first-order valence-corrected chi connectivity index (χ1v) is 19.2. The number of amides is 2. The molecule has 3 aliphatic carbocycles. The van der Waals surface area contributed by atoms with Gasteiger partial charge in [0.25, 0.3) is 5.91 Å². The third-order valence-electron chi connectivity index (χ3n) is 12.5. The first-order chi connectivity index (χ1) is 22.7. The zero-order valence-corrected chi connectivity index (χ0v) is 28.2. The molecule has 3 unspecified atom stereocenters. The second-order valence-corrected chi connectivity index (χ2v) is 17.1. The lowest BCUT2D eigenvalue weighted by molar-refractivity contribution is -0.142. The molecule has 248 valence electrons. The number of nitrogens with one attached hydrogen (secondary N) is 1. The number of sulfonamides is 1. The number of likely N-dealkylation sites (tertiary alicyclic amines) is 1. The van der Waals surface area contributed by atoms with E-state index in [1.54, 1.807) is 13.2 Å². The SMILES string of the molecule is COc1ccc2c(c1)[C@@H]1CC1(C(=O)N1C3CCC1CN(C)C3)n1c-2c(C2CCCCC2)c2ccc(C(=O)NS(=O)(=O)C3CCC3)cc21. The van der Waals surface area contributed by atoms with Crippen LogP contribution in [0.15, 0.2) is 36.4 Å². The molecule has 4 atom stereocenters. The van der Waals surface area contributed by atoms with Crippen molar-refractivity contribution in [2.45, 2.75) is 105 Å². The summed E-state index contributed by atoms with van der Waals surface area (Å²) in [6, 6.07) is 12.4. The molecule has 10 heteroatoms. The van der Waals surface area contributed by atoms with Gasteiger partial charge in [-0.3, -0.25) is 9.59 Å². The lowest BCUT2D eigenvalue weighted by Crippen LogP contribution is -2.58. The Kier molecular flexibility index (Phi) is 6.69. The smallest absolute Gasteiger partial charge is 0.264 e. The van der Waals surface area contributed by atoms with E-state index in [0.717, 1.165) is 73.1 Å². The molecule has 4 heterocycles. The Balaban J connectivity index is 1.25. The van der Waals surface area contributed by atoms with E-state index < -0.39 is 26.7 Å². The van der Waals surface area contributed by atoms with Gasteiger partial charge in [0, 0.05) is 47.6 Å². The van der Waals surface area contributed by atoms with Crippen LogP contribution >= 0.6 is 0 Å². The number of nitrogens with zero attached hydrogens (tertiary/aromatic N) is 3. The molecule has 9 nitrogen and oxygen atoms in total. The summed E-state index contributed by atoms with van der Waals surface area (Å²) >= 11 is 0. The maximum absolute atomic E-state index is 15.3. The maximum Gasteiger partial charge on any atom is 0.264 e. The molecular weight excluding hydrogens is 612 g/mol. The number of carbonyl (C=O) groups excluding carboxylic acids is 2. The number of benzene rings is 2. The molecule has 47 heavy (non-hydrogen) atoms. The first-order valence-electron chi connectivity index (χ1n) is 17.7. The second-order valence-electron chi connectivity index (χ2n) is 15.1. The van der Waals surface area contributed by atoms with E-state index in [9.17, 15) is 13.2 Å². The Morgan fingerprint density at radius 2 is 1.66 bits per heavy atom. The van der Waals surface area contributed by atoms with Crippen molar-refractivity contribution in [3.63, 3.8) is 0 Å². The Bertz CT molecular complexity index is 1910. The van der Waals surface area contributed by atoms with Gasteiger partial charge in [-0.15, -0.1) is 0 Å². The Labute approximate surface area is 276 Å². The third kappa shape index (κ3) is 4.32. The average molecular weight is 657 g/mol. The van der Waals surface area contributed by atoms with Crippen LogP contribution in [-0.2, 0) is 20.4 Å². The third-order valence-corrected chi connectivity index (χ3v) is 14.3. The van der Waals surface area contributed by atoms with Crippen LogP contribution in [0.3, 0.4) is 0 Å². The van der Waals surface area contributed by atoms with Crippen LogP contribution in [0, 0.1) is 0 Å². The van der Waals surface area contributed by atoms with Crippen molar-refractivity contribution >= 4 is 32.7 Å². The van der Waals surface area contributed by atoms with Gasteiger partial charge >= 0.3 is 0 Å². The standard InChI is InChI=1S/C37H44N4O5S/c1-39-20-24-12-13-25(21-39)40(24)36(43)37-19-31(37)30-18-26(46-2)14-16-28(30)34-33(22-7-4-3-5-8-22)29-15-11-23(17-32(29)41(34)37)35(42)38-47(44,45)27-9-6-10-27/h11,14-18,22,24-25,27,31H,3-10,12-13,19-21H2,1-2H3,(H,38,42)/t24?,25?,31-,37?/m0/s1. The van der Waals surface area contributed by atoms with Crippen molar-refractivity contribution in [2.24, 2.45) is 0 Å². The Morgan fingerprint density at radius 3 is 2.34 bits per heavy atom. The molecule has 3 aromatic rings. The summed E-state index contributed by atoms with van der Waals surface area (Å²) in [6.07, 6.45) is 10.5. The minimum Gasteiger partial charge on any atom is -0.497 e. The molecule has 6 aliphatic rings. The van der Waals surface area contributed by atoms with Crippen molar-refractivity contribution in [1.82, 2.24) is 19.1 Å². The van der Waals surface area contributed by atoms with E-state index in [1.165, 1.54) is 30.4 Å². The number of likely N-dealkylation sites (N-methyl/N-ethyl adjacent to an activating group) is 1. The molecule has 0 radical (unpaired) electrons. The van der Waals surface area contributed by atoms with Crippen LogP contribution in [0.5, 0.6) is 5.75 Å². The molecule has 9 rings (SSSR count). The van der Waals surface area contributed by atoms with E-state index >= 15 is 4.79 Å². The monoisotopic (exact) mass is 656 g/mol. The van der Waals surface area contributed by atoms with Crippen LogP contribution in [0.25, 0.3) is 22.2 Å². The number of hydrogen-bond acceptors (Lipinski definition) is 6. The minimum absolute atomic E-state index is 0.00191. The number of aromatic nitrogens is 1. The summed E-state index contributed by atoms with van der Waals surface area (Å²) in [6.45, 7) is 1.78. The van der Waals surface area contributed by atoms with Gasteiger partial charge in [0.2, 0.25) is 15.9 Å². The first kappa shape index (κ1) is 29.7. The molecule has 2 saturated heterocycles. The van der Waals surface area contributed by atoms with Crippen LogP contribution in [0.1, 0.15) is 104 Å². The molecule has 2 bridgehead atoms. The number of methoxy groups -OCH3 is 1. The highest BCUT2D eigenvalue weighted by Gasteiger charge is 2.68. The predicted octanol–water partition coefficient (Wildman–Crippen LogP) is 5.48. The number of carbonyl (C=O) groups is 2. The fourth-order valence-corrected chi connectivity index (χ4v) is 11.4. The van der Waals surface area contributed by atoms with Gasteiger partial charge in [0.15, 0.2) is 0 Å². The molecule has 5 fully saturated rings. The normalized spacial score (nSPS) is 28.7. The number of piperazine rings is 1. The largest absolute Gasteiger partial charge is 0.497 e. The molecule has 3 saturated carbocycles. The van der Waals surface area contributed by atoms with Gasteiger partial charge in [-0.05, 0) is 99.4 Å². The summed E-state index contributed by atoms with van der Waals surface area (Å²) in [7, 11) is 0.112. The minimum atomic E-state index is -3.74. The summed E-state index contributed by atoms with van der Waals surface area (Å²) in [5.41, 5.74) is 5.10. The number of fused-ring (bicyclic) bond motifs is 10. The number of rotatable bonds is 6. The Hall–Kier alpha value is -3.37. The maximum atomic E-state index is 15.3. The van der Waals surface area contributed by atoms with E-state index in [0.29, 0.717) is 30.7 Å². The van der Waals surface area contributed by atoms with Crippen molar-refractivity contribution in [3.05, 3.63) is 53.1 Å². The fourth-order valence-electron chi connectivity index (χ4n) is 9.93. The highest BCUT2D eigenvalue weighted by molar-refractivity contribution is 7.90. The molecule has 2 amide bonds. The van der Waals surface area contributed by atoms with Crippen molar-refractivity contribution < 1.29 is 22.7 Å². The summed E-state index contributed by atoms with van der Waals surface area (Å²) in [5.74, 6) is 0.745. The zero-order chi connectivity index (χ0) is 32.2. The second kappa shape index (κ2) is 10.6. The number of ether oxygens (including phenoxy) is 1. The van der Waals surface area contributed by atoms with Crippen LogP contribution in [-0.4, -0.2) is 79.2 Å². The van der Waals surface area contributed by atoms with Gasteiger partial charge in [-0.1, -0.05) is 31.7 Å². The predicted molar refractivity (Wildman–Crippen MR) is 180 cm³/mol. The molecular formula is C37H44N4O5S. The van der Waals surface area contributed by atoms with Gasteiger partial charge in [0.1, 0.15) is 11.3 Å². The molecule has 2 aromatic carbocycles. The molecule has 1 N–H and O–H groups in total. The van der Waals surface area contributed by atoms with Gasteiger partial charge in [-0.25, -0.2) is 13.1 Å². The lowest BCUT2D eigenvalue weighted by atomic mass is 9.80. The highest BCUT2D eigenvalue weighted by atomic mass is 32.2. The van der Waals surface area contributed by atoms with E-state index in [4.69, 9.17) is 4.74 Å². The van der Waals surface area contributed by atoms with Gasteiger partial charge in [0.05, 0.1) is 23.6 Å². The zero-order valence-electron chi connectivity index (χ0n) is 27.3. The van der Waals surface area contributed by atoms with Crippen molar-refractivity contribution in [3.8, 4) is 17.0 Å². The van der Waals surface area contributed by atoms with Crippen LogP contribution in [0.4, 0.5) is 0 Å². The molecule has 3 aliphatic heterocycles. The van der Waals surface area contributed by atoms with Crippen LogP contribution in [0.2, 0.25) is 0 Å².